The van der Waals surface area contributed by atoms with E-state index in [-0.39, 0.29) is 30.2 Å². The molecule has 31 heavy (non-hydrogen) atoms. The summed E-state index contributed by atoms with van der Waals surface area (Å²) in [7, 11) is 1.23. The molecule has 1 atom stereocenters. The maximum atomic E-state index is 12.3. The number of hydrogen-bond acceptors (Lipinski definition) is 8. The molecule has 0 spiro atoms. The number of carbonyl (C=O) groups excluding carboxylic acids is 1. The molecular formula is C19H16ClN5O6. The lowest BCUT2D eigenvalue weighted by molar-refractivity contribution is 0.0997. The van der Waals surface area contributed by atoms with Crippen LogP contribution in [-0.4, -0.2) is 30.3 Å². The Hall–Kier alpha value is -3.70. The second-order valence-electron chi connectivity index (χ2n) is 6.84. The van der Waals surface area contributed by atoms with Gasteiger partial charge in [-0.1, -0.05) is 16.8 Å². The first kappa shape index (κ1) is 20.6. The summed E-state index contributed by atoms with van der Waals surface area (Å²) in [5, 5.41) is 15.5. The monoisotopic (exact) mass is 445 g/mol. The maximum absolute atomic E-state index is 12.3. The van der Waals surface area contributed by atoms with E-state index < -0.39 is 23.3 Å². The van der Waals surface area contributed by atoms with Gasteiger partial charge in [0.2, 0.25) is 5.89 Å². The van der Waals surface area contributed by atoms with E-state index in [4.69, 9.17) is 26.3 Å². The molecule has 0 radical (unpaired) electrons. The summed E-state index contributed by atoms with van der Waals surface area (Å²) >= 11 is 5.96. The molecule has 160 valence electrons. The zero-order chi connectivity index (χ0) is 22.3. The van der Waals surface area contributed by atoms with Crippen molar-refractivity contribution in [2.45, 2.75) is 19.1 Å². The van der Waals surface area contributed by atoms with Crippen LogP contribution in [0.5, 0.6) is 0 Å². The zero-order valence-electron chi connectivity index (χ0n) is 16.1. The lowest BCUT2D eigenvalue weighted by atomic mass is 10.2. The summed E-state index contributed by atoms with van der Waals surface area (Å²) in [5.74, 6) is -0.441. The van der Waals surface area contributed by atoms with Gasteiger partial charge in [0.05, 0.1) is 0 Å². The number of rotatable bonds is 6. The van der Waals surface area contributed by atoms with E-state index in [9.17, 15) is 19.5 Å². The van der Waals surface area contributed by atoms with Crippen LogP contribution in [0.1, 0.15) is 33.9 Å². The number of halogens is 1. The number of benzene rings is 1. The molecule has 0 aliphatic heterocycles. The number of primary amides is 1. The van der Waals surface area contributed by atoms with E-state index in [1.165, 1.54) is 7.05 Å². The average Bonchev–Trinajstić information content (AvgIpc) is 3.34. The van der Waals surface area contributed by atoms with Crippen LogP contribution in [0, 0.1) is 0 Å². The zero-order valence-corrected chi connectivity index (χ0v) is 16.9. The summed E-state index contributed by atoms with van der Waals surface area (Å²) in [6.45, 7) is -0.195. The highest BCUT2D eigenvalue weighted by Gasteiger charge is 2.19. The SMILES string of the molecule is Cn1c(=O)c(C(N)=O)cn(Cc2nc(C[C@H](O)c3cc4cc(Cl)ccc4o3)no2)c1=O. The van der Waals surface area contributed by atoms with Crippen LogP contribution in [-0.2, 0) is 20.0 Å². The van der Waals surface area contributed by atoms with Crippen LogP contribution < -0.4 is 17.0 Å². The Balaban J connectivity index is 1.54. The van der Waals surface area contributed by atoms with Gasteiger partial charge in [0.1, 0.15) is 29.6 Å². The predicted molar refractivity (Wildman–Crippen MR) is 108 cm³/mol. The normalized spacial score (nSPS) is 12.4. The Kier molecular flexibility index (Phi) is 5.21. The number of furan rings is 1. The number of nitrogens with two attached hydrogens (primary N) is 1. The van der Waals surface area contributed by atoms with E-state index in [1.807, 2.05) is 0 Å². The van der Waals surface area contributed by atoms with Gasteiger partial charge >= 0.3 is 5.69 Å². The van der Waals surface area contributed by atoms with Gasteiger partial charge in [0.25, 0.3) is 11.5 Å². The Morgan fingerprint density at radius 3 is 2.84 bits per heavy atom. The molecule has 0 aliphatic rings. The van der Waals surface area contributed by atoms with Gasteiger partial charge in [-0.05, 0) is 24.3 Å². The molecule has 4 rings (SSSR count). The first-order valence-corrected chi connectivity index (χ1v) is 9.39. The van der Waals surface area contributed by atoms with Crippen molar-refractivity contribution in [3.63, 3.8) is 0 Å². The van der Waals surface area contributed by atoms with Gasteiger partial charge in [0, 0.05) is 30.1 Å². The number of aliphatic hydroxyl groups excluding tert-OH is 1. The largest absolute Gasteiger partial charge is 0.458 e. The van der Waals surface area contributed by atoms with E-state index >= 15 is 0 Å². The molecule has 0 fully saturated rings. The third-order valence-corrected chi connectivity index (χ3v) is 4.87. The molecule has 3 N–H and O–H groups in total. The second kappa shape index (κ2) is 7.85. The Morgan fingerprint density at radius 1 is 1.32 bits per heavy atom. The average molecular weight is 446 g/mol. The number of amides is 1. The molecule has 0 unspecified atom stereocenters. The quantitative estimate of drug-likeness (QED) is 0.439. The van der Waals surface area contributed by atoms with Crippen molar-refractivity contribution in [2.24, 2.45) is 12.8 Å². The minimum atomic E-state index is -1.04. The van der Waals surface area contributed by atoms with Gasteiger partial charge in [-0.2, -0.15) is 4.98 Å². The van der Waals surface area contributed by atoms with E-state index in [2.05, 4.69) is 10.1 Å². The highest BCUT2D eigenvalue weighted by atomic mass is 35.5. The summed E-state index contributed by atoms with van der Waals surface area (Å²) < 4.78 is 12.6. The second-order valence-corrected chi connectivity index (χ2v) is 7.27. The summed E-state index contributed by atoms with van der Waals surface area (Å²) in [6, 6.07) is 6.77. The number of nitrogens with zero attached hydrogens (tertiary/aromatic N) is 4. The number of fused-ring (bicyclic) bond motifs is 1. The van der Waals surface area contributed by atoms with Crippen molar-refractivity contribution in [1.82, 2.24) is 19.3 Å². The summed E-state index contributed by atoms with van der Waals surface area (Å²) in [4.78, 5) is 39.8. The highest BCUT2D eigenvalue weighted by Crippen LogP contribution is 2.27. The molecule has 12 heteroatoms. The standard InChI is InChI=1S/C19H16ClN5O6/c1-24-18(28)11(17(21)27)7-25(19(24)29)8-16-22-15(23-31-16)6-12(26)14-5-9-4-10(20)2-3-13(9)30-14/h2-5,7,12,26H,6,8H2,1H3,(H2,21,27)/t12-/m0/s1. The maximum Gasteiger partial charge on any atom is 0.331 e. The van der Waals surface area contributed by atoms with Crippen molar-refractivity contribution < 1.29 is 18.8 Å². The lowest BCUT2D eigenvalue weighted by Gasteiger charge is -2.06. The van der Waals surface area contributed by atoms with Crippen LogP contribution >= 0.6 is 11.6 Å². The van der Waals surface area contributed by atoms with Crippen LogP contribution in [0.4, 0.5) is 0 Å². The molecule has 0 bridgehead atoms. The molecule has 0 saturated carbocycles. The van der Waals surface area contributed by atoms with Crippen LogP contribution in [0.2, 0.25) is 5.02 Å². The van der Waals surface area contributed by atoms with Crippen molar-refractivity contribution in [3.05, 3.63) is 79.4 Å². The highest BCUT2D eigenvalue weighted by molar-refractivity contribution is 6.31. The van der Waals surface area contributed by atoms with E-state index in [0.29, 0.717) is 16.4 Å². The van der Waals surface area contributed by atoms with Gasteiger partial charge in [-0.25, -0.2) is 4.79 Å². The topological polar surface area (TPSA) is 159 Å². The fourth-order valence-corrected chi connectivity index (χ4v) is 3.24. The summed E-state index contributed by atoms with van der Waals surface area (Å²) in [5.41, 5.74) is 3.93. The molecule has 3 heterocycles. The Morgan fingerprint density at radius 2 is 2.10 bits per heavy atom. The molecule has 0 aliphatic carbocycles. The number of carbonyl (C=O) groups is 1. The third kappa shape index (κ3) is 4.00. The van der Waals surface area contributed by atoms with Crippen LogP contribution in [0.3, 0.4) is 0 Å². The molecule has 0 saturated heterocycles. The number of aliphatic hydroxyl groups is 1. The molecule has 1 amide bonds. The van der Waals surface area contributed by atoms with Crippen molar-refractivity contribution in [1.29, 1.82) is 0 Å². The Bertz CT molecular complexity index is 1420. The van der Waals surface area contributed by atoms with Gasteiger partial charge in [-0.15, -0.1) is 0 Å². The van der Waals surface area contributed by atoms with Crippen molar-refractivity contribution in [2.75, 3.05) is 0 Å². The van der Waals surface area contributed by atoms with Crippen molar-refractivity contribution in [3.8, 4) is 0 Å². The number of aromatic nitrogens is 4. The van der Waals surface area contributed by atoms with Gasteiger partial charge < -0.3 is 19.8 Å². The first-order chi connectivity index (χ1) is 14.7. The molecule has 4 aromatic rings. The van der Waals surface area contributed by atoms with E-state index in [1.54, 1.807) is 24.3 Å². The van der Waals surface area contributed by atoms with Crippen LogP contribution in [0.15, 0.2) is 49.0 Å². The predicted octanol–water partition coefficient (Wildman–Crippen LogP) is 0.753. The molecule has 1 aromatic carbocycles. The summed E-state index contributed by atoms with van der Waals surface area (Å²) in [6.07, 6.45) is -0.00448. The minimum Gasteiger partial charge on any atom is -0.458 e. The van der Waals surface area contributed by atoms with Gasteiger partial charge in [-0.3, -0.25) is 18.7 Å². The van der Waals surface area contributed by atoms with Gasteiger partial charge in [0.15, 0.2) is 5.82 Å². The fourth-order valence-electron chi connectivity index (χ4n) is 3.06. The van der Waals surface area contributed by atoms with Crippen molar-refractivity contribution >= 4 is 28.5 Å². The third-order valence-electron chi connectivity index (χ3n) is 4.64. The fraction of sp³-hybridized carbons (Fsp3) is 0.211. The first-order valence-electron chi connectivity index (χ1n) is 9.01. The van der Waals surface area contributed by atoms with Crippen LogP contribution in [0.25, 0.3) is 11.0 Å². The number of hydrogen-bond donors (Lipinski definition) is 2. The molecule has 11 nitrogen and oxygen atoms in total. The molecule has 3 aromatic heterocycles. The Labute approximate surface area is 178 Å². The minimum absolute atomic E-state index is 0.00817. The molecular weight excluding hydrogens is 430 g/mol. The van der Waals surface area contributed by atoms with E-state index in [0.717, 1.165) is 20.7 Å². The smallest absolute Gasteiger partial charge is 0.331 e. The lowest BCUT2D eigenvalue weighted by Crippen LogP contribution is -2.41.